The first-order valence-electron chi connectivity index (χ1n) is 3.30. The molecule has 0 aromatic carbocycles. The van der Waals surface area contributed by atoms with Crippen molar-refractivity contribution in [3.8, 4) is 0 Å². The fourth-order valence-corrected chi connectivity index (χ4v) is 0.640. The van der Waals surface area contributed by atoms with Crippen LogP contribution in [0.25, 0.3) is 0 Å². The van der Waals surface area contributed by atoms with E-state index < -0.39 is 30.5 Å². The van der Waals surface area contributed by atoms with E-state index in [1.54, 1.807) is 0 Å². The highest BCUT2D eigenvalue weighted by molar-refractivity contribution is 5.76. The standard InChI is InChI=1S/C7H8F4O2/c1-4(12)3-6(7(9,10)11)13-5(2)8/h6H,2-3H2,1H3. The maximum atomic E-state index is 12.0. The van der Waals surface area contributed by atoms with E-state index in [9.17, 15) is 22.4 Å². The molecular weight excluding hydrogens is 192 g/mol. The van der Waals surface area contributed by atoms with Crippen molar-refractivity contribution in [1.29, 1.82) is 0 Å². The first kappa shape index (κ1) is 11.9. The molecule has 0 amide bonds. The summed E-state index contributed by atoms with van der Waals surface area (Å²) in [6.07, 6.45) is -8.12. The van der Waals surface area contributed by atoms with Gasteiger partial charge >= 0.3 is 6.18 Å². The molecule has 0 spiro atoms. The van der Waals surface area contributed by atoms with Gasteiger partial charge in [-0.15, -0.1) is 0 Å². The lowest BCUT2D eigenvalue weighted by atomic mass is 10.2. The average Bonchev–Trinajstić information content (AvgIpc) is 1.81. The quantitative estimate of drug-likeness (QED) is 0.514. The largest absolute Gasteiger partial charge is 0.458 e. The van der Waals surface area contributed by atoms with Crippen LogP contribution in [0.15, 0.2) is 12.6 Å². The van der Waals surface area contributed by atoms with Crippen LogP contribution in [-0.2, 0) is 9.53 Å². The first-order valence-corrected chi connectivity index (χ1v) is 3.30. The summed E-state index contributed by atoms with van der Waals surface area (Å²) in [6.45, 7) is 3.48. The summed E-state index contributed by atoms with van der Waals surface area (Å²) < 4.78 is 51.5. The fourth-order valence-electron chi connectivity index (χ4n) is 0.640. The Bertz CT molecular complexity index is 193. The molecule has 76 valence electrons. The maximum absolute atomic E-state index is 12.0. The molecule has 0 fully saturated rings. The molecule has 0 bridgehead atoms. The minimum Gasteiger partial charge on any atom is -0.458 e. The monoisotopic (exact) mass is 200 g/mol. The zero-order valence-corrected chi connectivity index (χ0v) is 6.82. The molecule has 1 atom stereocenters. The van der Waals surface area contributed by atoms with Gasteiger partial charge in [0, 0.05) is 0 Å². The number of halogens is 4. The molecule has 6 heteroatoms. The Balaban J connectivity index is 4.37. The highest BCUT2D eigenvalue weighted by atomic mass is 19.4. The Morgan fingerprint density at radius 2 is 2.00 bits per heavy atom. The van der Waals surface area contributed by atoms with Crippen LogP contribution in [-0.4, -0.2) is 18.1 Å². The molecule has 0 saturated heterocycles. The molecule has 0 N–H and O–H groups in total. The van der Waals surface area contributed by atoms with Gasteiger partial charge in [-0.05, 0) is 13.5 Å². The van der Waals surface area contributed by atoms with Gasteiger partial charge in [0.15, 0.2) is 0 Å². The van der Waals surface area contributed by atoms with E-state index in [-0.39, 0.29) is 0 Å². The Labute approximate surface area is 72.2 Å². The van der Waals surface area contributed by atoms with Crippen molar-refractivity contribution in [1.82, 2.24) is 0 Å². The molecule has 0 saturated carbocycles. The van der Waals surface area contributed by atoms with E-state index in [0.29, 0.717) is 0 Å². The third-order valence-corrected chi connectivity index (χ3v) is 1.11. The summed E-state index contributed by atoms with van der Waals surface area (Å²) in [5, 5.41) is 0. The Hall–Kier alpha value is -1.07. The van der Waals surface area contributed by atoms with Crippen LogP contribution in [0.3, 0.4) is 0 Å². The number of Topliss-reactive ketones (excluding diaryl/α,β-unsaturated/α-hetero) is 1. The molecule has 0 aliphatic rings. The van der Waals surface area contributed by atoms with Gasteiger partial charge in [0.1, 0.15) is 5.78 Å². The van der Waals surface area contributed by atoms with Gasteiger partial charge in [0.25, 0.3) is 6.01 Å². The van der Waals surface area contributed by atoms with Crippen molar-refractivity contribution in [2.45, 2.75) is 25.6 Å². The molecule has 0 heterocycles. The molecule has 13 heavy (non-hydrogen) atoms. The van der Waals surface area contributed by atoms with Gasteiger partial charge in [-0.25, -0.2) is 0 Å². The van der Waals surface area contributed by atoms with Gasteiger partial charge < -0.3 is 4.74 Å². The maximum Gasteiger partial charge on any atom is 0.425 e. The number of hydrogen-bond donors (Lipinski definition) is 0. The third kappa shape index (κ3) is 5.21. The summed E-state index contributed by atoms with van der Waals surface area (Å²) in [7, 11) is 0. The van der Waals surface area contributed by atoms with Gasteiger partial charge in [0.05, 0.1) is 6.42 Å². The van der Waals surface area contributed by atoms with Crippen molar-refractivity contribution < 1.29 is 27.1 Å². The lowest BCUT2D eigenvalue weighted by molar-refractivity contribution is -0.216. The highest BCUT2D eigenvalue weighted by Crippen LogP contribution is 2.27. The molecule has 0 rings (SSSR count). The Kier molecular flexibility index (Phi) is 3.90. The van der Waals surface area contributed by atoms with E-state index in [1.807, 2.05) is 0 Å². The van der Waals surface area contributed by atoms with E-state index >= 15 is 0 Å². The van der Waals surface area contributed by atoms with E-state index in [2.05, 4.69) is 11.3 Å². The second-order valence-electron chi connectivity index (χ2n) is 2.41. The lowest BCUT2D eigenvalue weighted by Gasteiger charge is -2.18. The highest BCUT2D eigenvalue weighted by Gasteiger charge is 2.42. The van der Waals surface area contributed by atoms with Gasteiger partial charge in [-0.2, -0.15) is 17.6 Å². The molecule has 0 aliphatic heterocycles. The van der Waals surface area contributed by atoms with Gasteiger partial charge in [-0.1, -0.05) is 0 Å². The second-order valence-corrected chi connectivity index (χ2v) is 2.41. The number of rotatable bonds is 4. The minimum atomic E-state index is -4.76. The molecule has 0 radical (unpaired) electrons. The number of alkyl halides is 3. The second kappa shape index (κ2) is 4.25. The van der Waals surface area contributed by atoms with E-state index in [4.69, 9.17) is 0 Å². The zero-order chi connectivity index (χ0) is 10.6. The average molecular weight is 200 g/mol. The van der Waals surface area contributed by atoms with Gasteiger partial charge in [-0.3, -0.25) is 4.79 Å². The zero-order valence-electron chi connectivity index (χ0n) is 6.82. The summed E-state index contributed by atoms with van der Waals surface area (Å²) in [4.78, 5) is 10.4. The number of carbonyl (C=O) groups is 1. The lowest BCUT2D eigenvalue weighted by Crippen LogP contribution is -2.32. The normalized spacial score (nSPS) is 13.6. The predicted octanol–water partition coefficient (Wildman–Crippen LogP) is 2.35. The summed E-state index contributed by atoms with van der Waals surface area (Å²) >= 11 is 0. The summed E-state index contributed by atoms with van der Waals surface area (Å²) in [5.41, 5.74) is 0. The topological polar surface area (TPSA) is 26.3 Å². The number of carbonyl (C=O) groups excluding carboxylic acids is 1. The van der Waals surface area contributed by atoms with Crippen LogP contribution in [0.5, 0.6) is 0 Å². The van der Waals surface area contributed by atoms with Crippen LogP contribution in [0.2, 0.25) is 0 Å². The molecule has 0 aliphatic carbocycles. The van der Waals surface area contributed by atoms with Crippen LogP contribution < -0.4 is 0 Å². The first-order chi connectivity index (χ1) is 5.73. The van der Waals surface area contributed by atoms with Crippen LogP contribution in [0, 0.1) is 0 Å². The van der Waals surface area contributed by atoms with E-state index in [0.717, 1.165) is 6.92 Å². The van der Waals surface area contributed by atoms with Crippen LogP contribution in [0.1, 0.15) is 13.3 Å². The smallest absolute Gasteiger partial charge is 0.425 e. The Morgan fingerprint density at radius 1 is 1.54 bits per heavy atom. The fraction of sp³-hybridized carbons (Fsp3) is 0.571. The van der Waals surface area contributed by atoms with Crippen molar-refractivity contribution in [2.75, 3.05) is 0 Å². The van der Waals surface area contributed by atoms with E-state index in [1.165, 1.54) is 0 Å². The summed E-state index contributed by atoms with van der Waals surface area (Å²) in [5.74, 6) is -0.733. The third-order valence-electron chi connectivity index (χ3n) is 1.11. The number of hydrogen-bond acceptors (Lipinski definition) is 2. The number of ether oxygens (including phenoxy) is 1. The Morgan fingerprint density at radius 3 is 2.23 bits per heavy atom. The molecular formula is C7H8F4O2. The van der Waals surface area contributed by atoms with Crippen LogP contribution in [0.4, 0.5) is 17.6 Å². The molecule has 1 unspecified atom stereocenters. The summed E-state index contributed by atoms with van der Waals surface area (Å²) in [6, 6.07) is -1.55. The predicted molar refractivity (Wildman–Crippen MR) is 36.5 cm³/mol. The van der Waals surface area contributed by atoms with Gasteiger partial charge in [0.2, 0.25) is 6.10 Å². The molecule has 0 aromatic heterocycles. The van der Waals surface area contributed by atoms with Crippen LogP contribution >= 0.6 is 0 Å². The SMILES string of the molecule is C=C(F)OC(CC(C)=O)C(F)(F)F. The molecule has 2 nitrogen and oxygen atoms in total. The van der Waals surface area contributed by atoms with Crippen molar-refractivity contribution >= 4 is 5.78 Å². The van der Waals surface area contributed by atoms with Crippen molar-refractivity contribution in [2.24, 2.45) is 0 Å². The minimum absolute atomic E-state index is 0.733. The van der Waals surface area contributed by atoms with Crippen molar-refractivity contribution in [3.63, 3.8) is 0 Å². The van der Waals surface area contributed by atoms with Crippen molar-refractivity contribution in [3.05, 3.63) is 12.6 Å². The number of ketones is 1. The molecule has 0 aromatic rings.